The molecule has 1 aromatic rings. The normalized spacial score (nSPS) is 13.3. The lowest BCUT2D eigenvalue weighted by molar-refractivity contribution is -0.141. The van der Waals surface area contributed by atoms with Crippen LogP contribution in [0.5, 0.6) is 5.75 Å². The van der Waals surface area contributed by atoms with Crippen LogP contribution in [-0.2, 0) is 30.4 Å². The summed E-state index contributed by atoms with van der Waals surface area (Å²) >= 11 is 3.83. The van der Waals surface area contributed by atoms with Gasteiger partial charge in [0.2, 0.25) is 23.6 Å². The van der Waals surface area contributed by atoms with Gasteiger partial charge in [-0.15, -0.1) is 0 Å². The van der Waals surface area contributed by atoms with Gasteiger partial charge in [-0.2, -0.15) is 12.6 Å². The first-order chi connectivity index (χ1) is 15.0. The molecule has 0 spiro atoms. The van der Waals surface area contributed by atoms with Gasteiger partial charge in [-0.05, 0) is 24.1 Å². The summed E-state index contributed by atoms with van der Waals surface area (Å²) in [6, 6.07) is 2.45. The number of amides is 4. The molecular formula is C19H27N5O7S. The Hall–Kier alpha value is -3.32. The highest BCUT2D eigenvalue weighted by Crippen LogP contribution is 2.11. The van der Waals surface area contributed by atoms with Gasteiger partial charge in [0.15, 0.2) is 0 Å². The number of carbonyl (C=O) groups excluding carboxylic acids is 4. The van der Waals surface area contributed by atoms with Crippen LogP contribution in [-0.4, -0.2) is 70.2 Å². The average molecular weight is 470 g/mol. The summed E-state index contributed by atoms with van der Waals surface area (Å²) < 4.78 is 0. The molecule has 3 atom stereocenters. The minimum absolute atomic E-state index is 0.0103. The smallest absolute Gasteiger partial charge is 0.327 e. The third-order valence-electron chi connectivity index (χ3n) is 4.29. The molecule has 0 bridgehead atoms. The van der Waals surface area contributed by atoms with E-state index in [4.69, 9.17) is 16.6 Å². The predicted molar refractivity (Wildman–Crippen MR) is 117 cm³/mol. The van der Waals surface area contributed by atoms with Crippen LogP contribution in [0.3, 0.4) is 0 Å². The molecule has 0 fully saturated rings. The van der Waals surface area contributed by atoms with E-state index in [9.17, 15) is 29.1 Å². The third-order valence-corrected chi connectivity index (χ3v) is 4.65. The zero-order chi connectivity index (χ0) is 24.3. The minimum Gasteiger partial charge on any atom is -0.508 e. The lowest BCUT2D eigenvalue weighted by Crippen LogP contribution is -2.54. The van der Waals surface area contributed by atoms with Crippen LogP contribution >= 0.6 is 12.6 Å². The summed E-state index contributed by atoms with van der Waals surface area (Å²) in [5.41, 5.74) is 11.4. The number of carboxylic acid groups (broad SMARTS) is 1. The van der Waals surface area contributed by atoms with Crippen molar-refractivity contribution in [1.29, 1.82) is 0 Å². The standard InChI is InChI=1S/C19H27N5O7S/c20-12(5-6-15(21)26)17(28)24-13(7-10-1-3-11(25)4-2-10)18(29)22-8-16(27)23-14(9-32)19(30)31/h1-4,12-14,25,32H,5-9,20H2,(H2,21,26)(H,22,29)(H,23,27)(H,24,28)(H,30,31). The highest BCUT2D eigenvalue weighted by atomic mass is 32.1. The second-order valence-corrected chi connectivity index (χ2v) is 7.27. The molecule has 32 heavy (non-hydrogen) atoms. The van der Waals surface area contributed by atoms with Crippen molar-refractivity contribution in [1.82, 2.24) is 16.0 Å². The summed E-state index contributed by atoms with van der Waals surface area (Å²) in [6.07, 6.45) is -0.118. The zero-order valence-electron chi connectivity index (χ0n) is 17.1. The van der Waals surface area contributed by atoms with Crippen molar-refractivity contribution in [3.63, 3.8) is 0 Å². The van der Waals surface area contributed by atoms with Crippen LogP contribution in [0, 0.1) is 0 Å². The van der Waals surface area contributed by atoms with E-state index in [1.54, 1.807) is 12.1 Å². The third kappa shape index (κ3) is 9.66. The summed E-state index contributed by atoms with van der Waals surface area (Å²) in [7, 11) is 0. The fourth-order valence-corrected chi connectivity index (χ4v) is 2.75. The van der Waals surface area contributed by atoms with Crippen molar-refractivity contribution >= 4 is 42.2 Å². The highest BCUT2D eigenvalue weighted by molar-refractivity contribution is 7.80. The molecule has 9 N–H and O–H groups in total. The van der Waals surface area contributed by atoms with E-state index in [-0.39, 0.29) is 30.8 Å². The van der Waals surface area contributed by atoms with Gasteiger partial charge in [0.25, 0.3) is 0 Å². The molecule has 1 rings (SSSR count). The lowest BCUT2D eigenvalue weighted by Gasteiger charge is -2.21. The van der Waals surface area contributed by atoms with Gasteiger partial charge in [-0.25, -0.2) is 4.79 Å². The van der Waals surface area contributed by atoms with Gasteiger partial charge in [0.05, 0.1) is 12.6 Å². The molecule has 0 heterocycles. The zero-order valence-corrected chi connectivity index (χ0v) is 18.0. The number of thiol groups is 1. The van der Waals surface area contributed by atoms with E-state index in [2.05, 4.69) is 28.6 Å². The number of aliphatic carboxylic acids is 1. The fraction of sp³-hybridized carbons (Fsp3) is 0.421. The molecular weight excluding hydrogens is 442 g/mol. The molecule has 0 radical (unpaired) electrons. The topological polar surface area (TPSA) is 214 Å². The van der Waals surface area contributed by atoms with Crippen LogP contribution in [0.25, 0.3) is 0 Å². The van der Waals surface area contributed by atoms with Gasteiger partial charge in [-0.1, -0.05) is 12.1 Å². The van der Waals surface area contributed by atoms with E-state index in [0.717, 1.165) is 0 Å². The number of benzene rings is 1. The second kappa shape index (κ2) is 13.2. The molecule has 0 saturated heterocycles. The van der Waals surface area contributed by atoms with E-state index in [0.29, 0.717) is 5.56 Å². The molecule has 176 valence electrons. The molecule has 13 heteroatoms. The highest BCUT2D eigenvalue weighted by Gasteiger charge is 2.25. The van der Waals surface area contributed by atoms with Crippen molar-refractivity contribution < 1.29 is 34.2 Å². The first-order valence-electron chi connectivity index (χ1n) is 9.56. The number of carboxylic acids is 1. The van der Waals surface area contributed by atoms with Gasteiger partial charge in [0, 0.05) is 18.6 Å². The Labute approximate surface area is 189 Å². The number of aromatic hydroxyl groups is 1. The largest absolute Gasteiger partial charge is 0.508 e. The molecule has 0 aliphatic rings. The summed E-state index contributed by atoms with van der Waals surface area (Å²) in [5, 5.41) is 25.3. The summed E-state index contributed by atoms with van der Waals surface area (Å²) in [6.45, 7) is -0.536. The van der Waals surface area contributed by atoms with Crippen molar-refractivity contribution in [2.45, 2.75) is 37.4 Å². The minimum atomic E-state index is -1.28. The van der Waals surface area contributed by atoms with Crippen molar-refractivity contribution in [2.75, 3.05) is 12.3 Å². The number of nitrogens with one attached hydrogen (secondary N) is 3. The van der Waals surface area contributed by atoms with E-state index in [1.165, 1.54) is 12.1 Å². The van der Waals surface area contributed by atoms with Crippen LogP contribution in [0.2, 0.25) is 0 Å². The number of carbonyl (C=O) groups is 5. The number of hydrogen-bond donors (Lipinski definition) is 8. The van der Waals surface area contributed by atoms with E-state index >= 15 is 0 Å². The summed E-state index contributed by atoms with van der Waals surface area (Å²) in [5.74, 6) is -4.20. The SMILES string of the molecule is NC(=O)CCC(N)C(=O)NC(Cc1ccc(O)cc1)C(=O)NCC(=O)NC(CS)C(=O)O. The predicted octanol–water partition coefficient (Wildman–Crippen LogP) is -2.37. The Balaban J connectivity index is 2.82. The molecule has 4 amide bonds. The van der Waals surface area contributed by atoms with Gasteiger partial charge < -0.3 is 37.6 Å². The molecule has 0 saturated carbocycles. The molecule has 0 aromatic heterocycles. The monoisotopic (exact) mass is 469 g/mol. The maximum absolute atomic E-state index is 12.6. The number of nitrogens with two attached hydrogens (primary N) is 2. The maximum Gasteiger partial charge on any atom is 0.327 e. The molecule has 3 unspecified atom stereocenters. The second-order valence-electron chi connectivity index (χ2n) is 6.90. The van der Waals surface area contributed by atoms with Gasteiger partial charge in [-0.3, -0.25) is 19.2 Å². The first kappa shape index (κ1) is 26.7. The van der Waals surface area contributed by atoms with E-state index in [1.807, 2.05) is 0 Å². The molecule has 12 nitrogen and oxygen atoms in total. The van der Waals surface area contributed by atoms with Crippen LogP contribution < -0.4 is 27.4 Å². The summed E-state index contributed by atoms with van der Waals surface area (Å²) in [4.78, 5) is 58.7. The van der Waals surface area contributed by atoms with Crippen LogP contribution in [0.4, 0.5) is 0 Å². The maximum atomic E-state index is 12.6. The average Bonchev–Trinajstić information content (AvgIpc) is 2.74. The number of phenolic OH excluding ortho intramolecular Hbond substituents is 1. The van der Waals surface area contributed by atoms with Crippen molar-refractivity contribution in [3.8, 4) is 5.75 Å². The van der Waals surface area contributed by atoms with Crippen molar-refractivity contribution in [3.05, 3.63) is 29.8 Å². The number of hydrogen-bond acceptors (Lipinski definition) is 8. The Kier molecular flexibility index (Phi) is 11.0. The van der Waals surface area contributed by atoms with Gasteiger partial charge in [0.1, 0.15) is 17.8 Å². The lowest BCUT2D eigenvalue weighted by atomic mass is 10.0. The molecule has 0 aliphatic carbocycles. The van der Waals surface area contributed by atoms with Crippen molar-refractivity contribution in [2.24, 2.45) is 11.5 Å². The Morgan fingerprint density at radius 3 is 2.16 bits per heavy atom. The number of rotatable bonds is 13. The Morgan fingerprint density at radius 1 is 1.00 bits per heavy atom. The van der Waals surface area contributed by atoms with Crippen LogP contribution in [0.1, 0.15) is 18.4 Å². The van der Waals surface area contributed by atoms with Gasteiger partial charge >= 0.3 is 5.97 Å². The Morgan fingerprint density at radius 2 is 1.62 bits per heavy atom. The quantitative estimate of drug-likeness (QED) is 0.146. The molecule has 0 aliphatic heterocycles. The Bertz CT molecular complexity index is 834. The van der Waals surface area contributed by atoms with Crippen LogP contribution in [0.15, 0.2) is 24.3 Å². The fourth-order valence-electron chi connectivity index (χ4n) is 2.51. The molecule has 1 aromatic carbocycles. The first-order valence-corrected chi connectivity index (χ1v) is 10.2. The number of phenols is 1. The number of primary amides is 1. The van der Waals surface area contributed by atoms with E-state index < -0.39 is 54.3 Å².